The number of carbonyl (C=O) groups excluding carboxylic acids is 1. The Labute approximate surface area is 136 Å². The Morgan fingerprint density at radius 1 is 1.38 bits per heavy atom. The van der Waals surface area contributed by atoms with Gasteiger partial charge in [0.15, 0.2) is 5.65 Å². The standard InChI is InChI=1S/C15H18F3N5O/c1-22-13-12(20-21-22)11(6-8-19-13)14(24)23(9-7-15(16,17)18)10-4-2-3-5-10/h6,8,10H,2-5,7,9H2,1H3. The number of halogens is 3. The zero-order valence-corrected chi connectivity index (χ0v) is 13.3. The molecule has 1 saturated carbocycles. The molecule has 3 rings (SSSR count). The summed E-state index contributed by atoms with van der Waals surface area (Å²) in [6, 6.07) is 1.34. The Morgan fingerprint density at radius 3 is 2.75 bits per heavy atom. The van der Waals surface area contributed by atoms with Crippen LogP contribution in [0.1, 0.15) is 42.5 Å². The SMILES string of the molecule is Cn1nnc2c(C(=O)N(CCC(F)(F)F)C3CCCC3)ccnc21. The molecule has 9 heteroatoms. The number of pyridine rings is 1. The van der Waals surface area contributed by atoms with Gasteiger partial charge < -0.3 is 4.90 Å². The van der Waals surface area contributed by atoms with E-state index in [4.69, 9.17) is 0 Å². The monoisotopic (exact) mass is 341 g/mol. The van der Waals surface area contributed by atoms with E-state index in [1.54, 1.807) is 7.05 Å². The van der Waals surface area contributed by atoms with Crippen LogP contribution < -0.4 is 0 Å². The number of rotatable bonds is 4. The predicted molar refractivity (Wildman–Crippen MR) is 80.3 cm³/mol. The summed E-state index contributed by atoms with van der Waals surface area (Å²) in [5.41, 5.74) is 1.00. The molecule has 0 atom stereocenters. The Bertz CT molecular complexity index is 736. The van der Waals surface area contributed by atoms with Crippen molar-refractivity contribution in [1.29, 1.82) is 0 Å². The minimum absolute atomic E-state index is 0.153. The molecular formula is C15H18F3N5O. The summed E-state index contributed by atoms with van der Waals surface area (Å²) in [5.74, 6) is -0.431. The lowest BCUT2D eigenvalue weighted by Crippen LogP contribution is -2.41. The summed E-state index contributed by atoms with van der Waals surface area (Å²) in [4.78, 5) is 18.4. The highest BCUT2D eigenvalue weighted by Gasteiger charge is 2.34. The third-order valence-corrected chi connectivity index (χ3v) is 4.38. The van der Waals surface area contributed by atoms with Gasteiger partial charge in [-0.15, -0.1) is 5.10 Å². The van der Waals surface area contributed by atoms with Crippen molar-refractivity contribution in [3.05, 3.63) is 17.8 Å². The lowest BCUT2D eigenvalue weighted by molar-refractivity contribution is -0.137. The third kappa shape index (κ3) is 3.34. The molecule has 0 spiro atoms. The van der Waals surface area contributed by atoms with E-state index in [2.05, 4.69) is 15.3 Å². The van der Waals surface area contributed by atoms with Gasteiger partial charge in [0.25, 0.3) is 5.91 Å². The average molecular weight is 341 g/mol. The Kier molecular flexibility index (Phi) is 4.42. The third-order valence-electron chi connectivity index (χ3n) is 4.38. The molecule has 130 valence electrons. The molecule has 1 aliphatic carbocycles. The van der Waals surface area contributed by atoms with Crippen LogP contribution in [0, 0.1) is 0 Å². The van der Waals surface area contributed by atoms with E-state index in [1.165, 1.54) is 21.8 Å². The average Bonchev–Trinajstić information content (AvgIpc) is 3.17. The molecule has 2 aromatic rings. The molecule has 0 aliphatic heterocycles. The number of aromatic nitrogens is 4. The van der Waals surface area contributed by atoms with Crippen LogP contribution in [0.4, 0.5) is 13.2 Å². The number of hydrogen-bond acceptors (Lipinski definition) is 4. The molecule has 2 aromatic heterocycles. The van der Waals surface area contributed by atoms with Crippen LogP contribution in [-0.2, 0) is 7.05 Å². The Morgan fingerprint density at radius 2 is 2.08 bits per heavy atom. The first kappa shape index (κ1) is 16.7. The molecule has 6 nitrogen and oxygen atoms in total. The highest BCUT2D eigenvalue weighted by atomic mass is 19.4. The predicted octanol–water partition coefficient (Wildman–Crippen LogP) is 2.70. The molecule has 24 heavy (non-hydrogen) atoms. The van der Waals surface area contributed by atoms with Gasteiger partial charge in [-0.05, 0) is 18.9 Å². The second-order valence-electron chi connectivity index (χ2n) is 6.05. The molecule has 1 aliphatic rings. The van der Waals surface area contributed by atoms with E-state index in [-0.39, 0.29) is 18.2 Å². The van der Waals surface area contributed by atoms with Crippen molar-refractivity contribution >= 4 is 17.1 Å². The van der Waals surface area contributed by atoms with Gasteiger partial charge in [-0.1, -0.05) is 18.1 Å². The number of amides is 1. The summed E-state index contributed by atoms with van der Waals surface area (Å²) in [6.45, 7) is -0.336. The molecule has 0 bridgehead atoms. The number of nitrogens with zero attached hydrogens (tertiary/aromatic N) is 5. The van der Waals surface area contributed by atoms with Crippen molar-refractivity contribution in [3.8, 4) is 0 Å². The zero-order chi connectivity index (χ0) is 17.3. The van der Waals surface area contributed by atoms with Crippen molar-refractivity contribution in [2.75, 3.05) is 6.54 Å². The number of aryl methyl sites for hydroxylation is 1. The van der Waals surface area contributed by atoms with Gasteiger partial charge in [-0.25, -0.2) is 9.67 Å². The molecule has 2 heterocycles. The van der Waals surface area contributed by atoms with E-state index in [0.29, 0.717) is 11.2 Å². The first-order chi connectivity index (χ1) is 11.4. The van der Waals surface area contributed by atoms with Crippen LogP contribution in [0.15, 0.2) is 12.3 Å². The van der Waals surface area contributed by atoms with Crippen LogP contribution in [0.3, 0.4) is 0 Å². The Hall–Kier alpha value is -2.19. The maximum atomic E-state index is 12.9. The second-order valence-corrected chi connectivity index (χ2v) is 6.05. The van der Waals surface area contributed by atoms with E-state index in [1.807, 2.05) is 0 Å². The molecular weight excluding hydrogens is 323 g/mol. The number of fused-ring (bicyclic) bond motifs is 1. The highest BCUT2D eigenvalue weighted by Crippen LogP contribution is 2.28. The maximum absolute atomic E-state index is 12.9. The van der Waals surface area contributed by atoms with Crippen molar-refractivity contribution in [2.45, 2.75) is 44.3 Å². The van der Waals surface area contributed by atoms with Crippen LogP contribution >= 0.6 is 0 Å². The smallest absolute Gasteiger partial charge is 0.335 e. The topological polar surface area (TPSA) is 63.9 Å². The van der Waals surface area contributed by atoms with Crippen LogP contribution in [0.5, 0.6) is 0 Å². The summed E-state index contributed by atoms with van der Waals surface area (Å²) >= 11 is 0. The zero-order valence-electron chi connectivity index (χ0n) is 13.3. The molecule has 0 aromatic carbocycles. The van der Waals surface area contributed by atoms with Gasteiger partial charge in [0.2, 0.25) is 0 Å². The largest absolute Gasteiger partial charge is 0.390 e. The van der Waals surface area contributed by atoms with Crippen LogP contribution in [0.25, 0.3) is 11.2 Å². The maximum Gasteiger partial charge on any atom is 0.390 e. The van der Waals surface area contributed by atoms with Crippen molar-refractivity contribution in [2.24, 2.45) is 7.05 Å². The number of alkyl halides is 3. The van der Waals surface area contributed by atoms with Gasteiger partial charge in [-0.2, -0.15) is 13.2 Å². The normalized spacial score (nSPS) is 16.0. The minimum atomic E-state index is -4.29. The first-order valence-electron chi connectivity index (χ1n) is 7.89. The number of carbonyl (C=O) groups is 1. The summed E-state index contributed by atoms with van der Waals surface area (Å²) in [6.07, 6.45) is -0.526. The number of hydrogen-bond donors (Lipinski definition) is 0. The lowest BCUT2D eigenvalue weighted by atomic mass is 10.1. The van der Waals surface area contributed by atoms with Crippen molar-refractivity contribution in [1.82, 2.24) is 24.9 Å². The van der Waals surface area contributed by atoms with Gasteiger partial charge in [0, 0.05) is 25.8 Å². The summed E-state index contributed by atoms with van der Waals surface area (Å²) in [5, 5.41) is 7.77. The first-order valence-corrected chi connectivity index (χ1v) is 7.89. The highest BCUT2D eigenvalue weighted by molar-refractivity contribution is 6.03. The van der Waals surface area contributed by atoms with Crippen molar-refractivity contribution < 1.29 is 18.0 Å². The fourth-order valence-corrected chi connectivity index (χ4v) is 3.17. The molecule has 0 saturated heterocycles. The van der Waals surface area contributed by atoms with E-state index < -0.39 is 18.5 Å². The molecule has 1 amide bonds. The quantitative estimate of drug-likeness (QED) is 0.858. The van der Waals surface area contributed by atoms with Gasteiger partial charge in [0.1, 0.15) is 5.52 Å². The van der Waals surface area contributed by atoms with E-state index in [0.717, 1.165) is 25.7 Å². The summed E-state index contributed by atoms with van der Waals surface area (Å²) < 4.78 is 39.4. The van der Waals surface area contributed by atoms with Crippen LogP contribution in [-0.4, -0.2) is 49.5 Å². The molecule has 1 fully saturated rings. The molecule has 0 unspecified atom stereocenters. The van der Waals surface area contributed by atoms with Gasteiger partial charge in [0.05, 0.1) is 12.0 Å². The fourth-order valence-electron chi connectivity index (χ4n) is 3.17. The minimum Gasteiger partial charge on any atom is -0.335 e. The van der Waals surface area contributed by atoms with E-state index in [9.17, 15) is 18.0 Å². The fraction of sp³-hybridized carbons (Fsp3) is 0.600. The lowest BCUT2D eigenvalue weighted by Gasteiger charge is -2.29. The van der Waals surface area contributed by atoms with Gasteiger partial charge >= 0.3 is 6.18 Å². The molecule has 0 N–H and O–H groups in total. The van der Waals surface area contributed by atoms with Gasteiger partial charge in [-0.3, -0.25) is 4.79 Å². The van der Waals surface area contributed by atoms with E-state index >= 15 is 0 Å². The molecule has 0 radical (unpaired) electrons. The second kappa shape index (κ2) is 6.37. The summed E-state index contributed by atoms with van der Waals surface area (Å²) in [7, 11) is 1.65. The van der Waals surface area contributed by atoms with Crippen LogP contribution in [0.2, 0.25) is 0 Å². The van der Waals surface area contributed by atoms with Crippen molar-refractivity contribution in [3.63, 3.8) is 0 Å². The Balaban J connectivity index is 1.91.